The second-order valence-corrected chi connectivity index (χ2v) is 6.58. The van der Waals surface area contributed by atoms with Crippen LogP contribution in [0.5, 0.6) is 5.75 Å². The molecule has 0 fully saturated rings. The Balaban J connectivity index is 2.09. The Labute approximate surface area is 114 Å². The fraction of sp³-hybridized carbons (Fsp3) is 0.562. The Kier molecular flexibility index (Phi) is 2.80. The maximum absolute atomic E-state index is 5.42. The smallest absolute Gasteiger partial charge is 0.180 e. The van der Waals surface area contributed by atoms with Gasteiger partial charge in [0.1, 0.15) is 0 Å². The molecule has 0 saturated carbocycles. The van der Waals surface area contributed by atoms with Crippen LogP contribution < -0.4 is 4.74 Å². The van der Waals surface area contributed by atoms with E-state index < -0.39 is 0 Å². The summed E-state index contributed by atoms with van der Waals surface area (Å²) < 4.78 is 7.63. The third-order valence-corrected chi connectivity index (χ3v) is 4.41. The van der Waals surface area contributed by atoms with Crippen molar-refractivity contribution in [3.8, 4) is 5.75 Å². The minimum Gasteiger partial charge on any atom is -0.493 e. The molecule has 2 aromatic heterocycles. The zero-order valence-corrected chi connectivity index (χ0v) is 12.2. The lowest BCUT2D eigenvalue weighted by atomic mass is 9.73. The number of hydrogen-bond acceptors (Lipinski definition) is 2. The molecule has 1 atom stereocenters. The second-order valence-electron chi connectivity index (χ2n) is 6.58. The number of aromatic nitrogens is 2. The molecule has 3 heteroatoms. The number of fused-ring (bicyclic) bond motifs is 3. The van der Waals surface area contributed by atoms with Crippen LogP contribution >= 0.6 is 0 Å². The first-order valence-corrected chi connectivity index (χ1v) is 7.03. The van der Waals surface area contributed by atoms with Gasteiger partial charge in [0, 0.05) is 11.9 Å². The van der Waals surface area contributed by atoms with E-state index >= 15 is 0 Å². The molecule has 0 aliphatic heterocycles. The molecular weight excluding hydrogens is 236 g/mol. The van der Waals surface area contributed by atoms with E-state index in [0.717, 1.165) is 30.2 Å². The predicted molar refractivity (Wildman–Crippen MR) is 76.7 cm³/mol. The molecule has 0 saturated heterocycles. The van der Waals surface area contributed by atoms with Crippen LogP contribution in [0.3, 0.4) is 0 Å². The van der Waals surface area contributed by atoms with Gasteiger partial charge in [-0.05, 0) is 42.7 Å². The van der Waals surface area contributed by atoms with Gasteiger partial charge >= 0.3 is 0 Å². The third-order valence-electron chi connectivity index (χ3n) is 4.41. The van der Waals surface area contributed by atoms with E-state index in [1.165, 1.54) is 17.8 Å². The Morgan fingerprint density at radius 3 is 2.84 bits per heavy atom. The molecule has 3 nitrogen and oxygen atoms in total. The number of rotatable bonds is 1. The molecule has 0 bridgehead atoms. The van der Waals surface area contributed by atoms with Crippen LogP contribution in [-0.4, -0.2) is 16.5 Å². The second kappa shape index (κ2) is 4.26. The molecule has 0 aromatic carbocycles. The van der Waals surface area contributed by atoms with Gasteiger partial charge in [-0.15, -0.1) is 0 Å². The van der Waals surface area contributed by atoms with Crippen LogP contribution in [0.25, 0.3) is 5.65 Å². The van der Waals surface area contributed by atoms with Crippen LogP contribution in [0.2, 0.25) is 0 Å². The van der Waals surface area contributed by atoms with E-state index in [9.17, 15) is 0 Å². The topological polar surface area (TPSA) is 26.5 Å². The van der Waals surface area contributed by atoms with Crippen molar-refractivity contribution >= 4 is 5.65 Å². The van der Waals surface area contributed by atoms with E-state index in [1.54, 1.807) is 7.11 Å². The average molecular weight is 258 g/mol. The van der Waals surface area contributed by atoms with Gasteiger partial charge < -0.3 is 9.14 Å². The molecule has 0 amide bonds. The molecule has 1 aliphatic rings. The normalized spacial score (nSPS) is 19.5. The van der Waals surface area contributed by atoms with Crippen molar-refractivity contribution in [1.82, 2.24) is 9.38 Å². The summed E-state index contributed by atoms with van der Waals surface area (Å²) in [6, 6.07) is 4.02. The highest BCUT2D eigenvalue weighted by Crippen LogP contribution is 2.38. The summed E-state index contributed by atoms with van der Waals surface area (Å²) in [4.78, 5) is 4.78. The summed E-state index contributed by atoms with van der Waals surface area (Å²) in [5.41, 5.74) is 3.95. The van der Waals surface area contributed by atoms with Gasteiger partial charge in [-0.2, -0.15) is 0 Å². The first-order valence-electron chi connectivity index (χ1n) is 7.03. The molecule has 19 heavy (non-hydrogen) atoms. The van der Waals surface area contributed by atoms with Crippen LogP contribution in [0.4, 0.5) is 0 Å². The Bertz CT molecular complexity index is 607. The van der Waals surface area contributed by atoms with Gasteiger partial charge in [0.2, 0.25) is 0 Å². The molecule has 3 rings (SSSR count). The Morgan fingerprint density at radius 2 is 2.16 bits per heavy atom. The number of methoxy groups -OCH3 is 1. The van der Waals surface area contributed by atoms with E-state index in [-0.39, 0.29) is 0 Å². The molecular formula is C16H22N2O. The van der Waals surface area contributed by atoms with Gasteiger partial charge in [-0.1, -0.05) is 20.8 Å². The zero-order chi connectivity index (χ0) is 13.6. The molecule has 0 radical (unpaired) electrons. The quantitative estimate of drug-likeness (QED) is 0.782. The fourth-order valence-electron chi connectivity index (χ4n) is 3.10. The number of imidazole rings is 1. The lowest BCUT2D eigenvalue weighted by Crippen LogP contribution is -2.27. The summed E-state index contributed by atoms with van der Waals surface area (Å²) in [5, 5.41) is 0. The van der Waals surface area contributed by atoms with Crippen molar-refractivity contribution in [2.24, 2.45) is 11.3 Å². The van der Waals surface area contributed by atoms with E-state index in [4.69, 9.17) is 9.72 Å². The highest BCUT2D eigenvalue weighted by Gasteiger charge is 2.31. The maximum atomic E-state index is 5.42. The molecule has 1 aliphatic carbocycles. The minimum absolute atomic E-state index is 0.362. The monoisotopic (exact) mass is 258 g/mol. The first kappa shape index (κ1) is 12.5. The molecule has 0 N–H and O–H groups in total. The summed E-state index contributed by atoms with van der Waals surface area (Å²) in [7, 11) is 1.71. The van der Waals surface area contributed by atoms with Crippen molar-refractivity contribution in [3.63, 3.8) is 0 Å². The minimum atomic E-state index is 0.362. The molecule has 2 heterocycles. The van der Waals surface area contributed by atoms with E-state index in [1.807, 2.05) is 12.1 Å². The highest BCUT2D eigenvalue weighted by molar-refractivity contribution is 5.56. The standard InChI is InChI=1S/C16H22N2O/c1-16(2,3)11-7-8-12-13(10-11)18-9-5-6-14(19-4)15(18)17-12/h5-6,9,11H,7-8,10H2,1-4H3. The lowest BCUT2D eigenvalue weighted by Gasteiger charge is -2.33. The van der Waals surface area contributed by atoms with E-state index in [2.05, 4.69) is 31.4 Å². The van der Waals surface area contributed by atoms with Gasteiger partial charge in [0.25, 0.3) is 0 Å². The zero-order valence-electron chi connectivity index (χ0n) is 12.2. The average Bonchev–Trinajstić information content (AvgIpc) is 2.75. The number of nitrogens with zero attached hydrogens (tertiary/aromatic N) is 2. The molecule has 102 valence electrons. The van der Waals surface area contributed by atoms with Gasteiger partial charge in [0.05, 0.1) is 12.8 Å². The van der Waals surface area contributed by atoms with Gasteiger partial charge in [0.15, 0.2) is 11.4 Å². The van der Waals surface area contributed by atoms with Gasteiger partial charge in [-0.25, -0.2) is 4.98 Å². The van der Waals surface area contributed by atoms with Crippen molar-refractivity contribution in [3.05, 3.63) is 29.7 Å². The lowest BCUT2D eigenvalue weighted by molar-refractivity contribution is 0.213. The van der Waals surface area contributed by atoms with Crippen LogP contribution in [-0.2, 0) is 12.8 Å². The number of hydrogen-bond donors (Lipinski definition) is 0. The summed E-state index contributed by atoms with van der Waals surface area (Å²) in [6.45, 7) is 7.02. The van der Waals surface area contributed by atoms with Crippen molar-refractivity contribution < 1.29 is 4.74 Å². The molecule has 2 aromatic rings. The van der Waals surface area contributed by atoms with Crippen LogP contribution in [0.15, 0.2) is 18.3 Å². The number of aryl methyl sites for hydroxylation is 1. The Hall–Kier alpha value is -1.51. The van der Waals surface area contributed by atoms with Crippen molar-refractivity contribution in [2.75, 3.05) is 7.11 Å². The van der Waals surface area contributed by atoms with Crippen molar-refractivity contribution in [1.29, 1.82) is 0 Å². The van der Waals surface area contributed by atoms with Crippen LogP contribution in [0, 0.1) is 11.3 Å². The summed E-state index contributed by atoms with van der Waals surface area (Å²) >= 11 is 0. The molecule has 1 unspecified atom stereocenters. The predicted octanol–water partition coefficient (Wildman–Crippen LogP) is 3.49. The third kappa shape index (κ3) is 2.01. The summed E-state index contributed by atoms with van der Waals surface area (Å²) in [5.74, 6) is 1.59. The summed E-state index contributed by atoms with van der Waals surface area (Å²) in [6.07, 6.45) is 5.55. The highest BCUT2D eigenvalue weighted by atomic mass is 16.5. The first-order chi connectivity index (χ1) is 9.00. The SMILES string of the molecule is COc1cccn2c3c(nc12)CCC(C(C)(C)C)C3. The Morgan fingerprint density at radius 1 is 1.37 bits per heavy atom. The van der Waals surface area contributed by atoms with Gasteiger partial charge in [-0.3, -0.25) is 0 Å². The molecule has 0 spiro atoms. The van der Waals surface area contributed by atoms with Crippen LogP contribution in [0.1, 0.15) is 38.6 Å². The van der Waals surface area contributed by atoms with Crippen molar-refractivity contribution in [2.45, 2.75) is 40.0 Å². The number of pyridine rings is 1. The maximum Gasteiger partial charge on any atom is 0.180 e. The van der Waals surface area contributed by atoms with E-state index in [0.29, 0.717) is 5.41 Å². The largest absolute Gasteiger partial charge is 0.493 e. The fourth-order valence-corrected chi connectivity index (χ4v) is 3.10. The number of ether oxygens (including phenoxy) is 1.